The Morgan fingerprint density at radius 2 is 2.07 bits per heavy atom. The number of hydrogen-bond acceptors (Lipinski definition) is 0. The minimum Gasteiger partial charge on any atom is -0.119 e. The maximum absolute atomic E-state index is 5.61. The predicted molar refractivity (Wildman–Crippen MR) is 67.0 cm³/mol. The number of hydrogen-bond donors (Lipinski definition) is 0. The Morgan fingerprint density at radius 1 is 1.33 bits per heavy atom. The Kier molecular flexibility index (Phi) is 4.43. The fourth-order valence-electron chi connectivity index (χ4n) is 1.89. The van der Waals surface area contributed by atoms with Crippen molar-refractivity contribution in [2.75, 3.05) is 0 Å². The topological polar surface area (TPSA) is 0 Å². The molecule has 1 atom stereocenters. The van der Waals surface area contributed by atoms with Gasteiger partial charge in [0.05, 0.1) is 0 Å². The van der Waals surface area contributed by atoms with E-state index in [0.29, 0.717) is 5.92 Å². The third-order valence-corrected chi connectivity index (χ3v) is 3.07. The van der Waals surface area contributed by atoms with E-state index >= 15 is 0 Å². The Bertz CT molecular complexity index is 355. The van der Waals surface area contributed by atoms with E-state index in [2.05, 4.69) is 44.9 Å². The highest BCUT2D eigenvalue weighted by molar-refractivity contribution is 5.38. The SMILES string of the molecule is C#CC(CCCC)c1cccc(C)c1C. The van der Waals surface area contributed by atoms with E-state index in [1.54, 1.807) is 0 Å². The number of rotatable bonds is 4. The molecule has 1 unspecified atom stereocenters. The van der Waals surface area contributed by atoms with Gasteiger partial charge in [0.15, 0.2) is 0 Å². The van der Waals surface area contributed by atoms with Crippen LogP contribution in [-0.4, -0.2) is 0 Å². The van der Waals surface area contributed by atoms with Gasteiger partial charge in [0.1, 0.15) is 0 Å². The van der Waals surface area contributed by atoms with E-state index in [-0.39, 0.29) is 0 Å². The third-order valence-electron chi connectivity index (χ3n) is 3.07. The van der Waals surface area contributed by atoms with Crippen molar-refractivity contribution >= 4 is 0 Å². The van der Waals surface area contributed by atoms with Crippen molar-refractivity contribution in [3.05, 3.63) is 34.9 Å². The van der Waals surface area contributed by atoms with Crippen LogP contribution in [-0.2, 0) is 0 Å². The lowest BCUT2D eigenvalue weighted by Gasteiger charge is -2.15. The monoisotopic (exact) mass is 200 g/mol. The normalized spacial score (nSPS) is 12.1. The zero-order valence-corrected chi connectivity index (χ0v) is 10.0. The molecular weight excluding hydrogens is 180 g/mol. The lowest BCUT2D eigenvalue weighted by atomic mass is 9.89. The quantitative estimate of drug-likeness (QED) is 0.639. The third kappa shape index (κ3) is 2.86. The summed E-state index contributed by atoms with van der Waals surface area (Å²) in [6, 6.07) is 6.42. The first kappa shape index (κ1) is 11.9. The van der Waals surface area contributed by atoms with Gasteiger partial charge in [0, 0.05) is 5.92 Å². The van der Waals surface area contributed by atoms with Gasteiger partial charge in [-0.2, -0.15) is 0 Å². The molecule has 0 aliphatic carbocycles. The molecular formula is C15H20. The van der Waals surface area contributed by atoms with Gasteiger partial charge in [0.2, 0.25) is 0 Å². The average Bonchev–Trinajstić information content (AvgIpc) is 2.25. The Balaban J connectivity index is 2.93. The number of benzene rings is 1. The minimum atomic E-state index is 0.296. The second-order valence-corrected chi connectivity index (χ2v) is 4.15. The summed E-state index contributed by atoms with van der Waals surface area (Å²) in [4.78, 5) is 0. The maximum Gasteiger partial charge on any atom is 0.0452 e. The molecule has 0 aliphatic heterocycles. The second-order valence-electron chi connectivity index (χ2n) is 4.15. The largest absolute Gasteiger partial charge is 0.119 e. The van der Waals surface area contributed by atoms with E-state index < -0.39 is 0 Å². The van der Waals surface area contributed by atoms with Crippen LogP contribution in [0.1, 0.15) is 48.8 Å². The summed E-state index contributed by atoms with van der Waals surface area (Å²) < 4.78 is 0. The highest BCUT2D eigenvalue weighted by Crippen LogP contribution is 2.25. The zero-order chi connectivity index (χ0) is 11.3. The highest BCUT2D eigenvalue weighted by atomic mass is 14.1. The molecule has 0 aromatic heterocycles. The average molecular weight is 200 g/mol. The number of unbranched alkanes of at least 4 members (excludes halogenated alkanes) is 1. The Morgan fingerprint density at radius 3 is 2.67 bits per heavy atom. The lowest BCUT2D eigenvalue weighted by Crippen LogP contribution is -2.00. The molecule has 0 fully saturated rings. The molecule has 80 valence electrons. The van der Waals surface area contributed by atoms with Crippen LogP contribution in [0, 0.1) is 26.2 Å². The van der Waals surface area contributed by atoms with Gasteiger partial charge in [-0.1, -0.05) is 43.9 Å². The van der Waals surface area contributed by atoms with Crippen molar-refractivity contribution in [3.63, 3.8) is 0 Å². The molecule has 1 aromatic carbocycles. The summed E-state index contributed by atoms with van der Waals surface area (Å²) >= 11 is 0. The molecule has 0 radical (unpaired) electrons. The van der Waals surface area contributed by atoms with Crippen LogP contribution in [0.4, 0.5) is 0 Å². The van der Waals surface area contributed by atoms with E-state index in [1.165, 1.54) is 29.5 Å². The molecule has 0 bridgehead atoms. The van der Waals surface area contributed by atoms with Gasteiger partial charge < -0.3 is 0 Å². The first-order valence-corrected chi connectivity index (χ1v) is 5.73. The molecule has 0 heteroatoms. The standard InChI is InChI=1S/C15H20/c1-5-7-10-14(6-2)15-11-8-9-12(3)13(15)4/h2,8-9,11,14H,5,7,10H2,1,3-4H3. The van der Waals surface area contributed by atoms with Gasteiger partial charge in [0.25, 0.3) is 0 Å². The molecule has 15 heavy (non-hydrogen) atoms. The fraction of sp³-hybridized carbons (Fsp3) is 0.467. The Labute approximate surface area is 93.7 Å². The first-order chi connectivity index (χ1) is 7.20. The Hall–Kier alpha value is -1.22. The summed E-state index contributed by atoms with van der Waals surface area (Å²) in [7, 11) is 0. The lowest BCUT2D eigenvalue weighted by molar-refractivity contribution is 0.673. The summed E-state index contributed by atoms with van der Waals surface area (Å²) in [5, 5.41) is 0. The summed E-state index contributed by atoms with van der Waals surface area (Å²) in [6.45, 7) is 6.52. The van der Waals surface area contributed by atoms with Gasteiger partial charge in [-0.15, -0.1) is 6.42 Å². The highest BCUT2D eigenvalue weighted by Gasteiger charge is 2.10. The van der Waals surface area contributed by atoms with E-state index in [4.69, 9.17) is 6.42 Å². The van der Waals surface area contributed by atoms with Gasteiger partial charge in [-0.05, 0) is 37.0 Å². The minimum absolute atomic E-state index is 0.296. The summed E-state index contributed by atoms with van der Waals surface area (Å²) in [5.41, 5.74) is 4.03. The molecule has 1 rings (SSSR count). The van der Waals surface area contributed by atoms with Crippen molar-refractivity contribution < 1.29 is 0 Å². The smallest absolute Gasteiger partial charge is 0.0452 e. The van der Waals surface area contributed by atoms with Crippen LogP contribution in [0.15, 0.2) is 18.2 Å². The van der Waals surface area contributed by atoms with Crippen molar-refractivity contribution in [2.24, 2.45) is 0 Å². The predicted octanol–water partition coefficient (Wildman–Crippen LogP) is 4.21. The first-order valence-electron chi connectivity index (χ1n) is 5.73. The van der Waals surface area contributed by atoms with Gasteiger partial charge >= 0.3 is 0 Å². The second kappa shape index (κ2) is 5.61. The molecule has 1 aromatic rings. The zero-order valence-electron chi connectivity index (χ0n) is 10.0. The van der Waals surface area contributed by atoms with Crippen molar-refractivity contribution in [3.8, 4) is 12.3 Å². The maximum atomic E-state index is 5.61. The van der Waals surface area contributed by atoms with Gasteiger partial charge in [-0.3, -0.25) is 0 Å². The number of aryl methyl sites for hydroxylation is 1. The van der Waals surface area contributed by atoms with Crippen LogP contribution in [0.25, 0.3) is 0 Å². The van der Waals surface area contributed by atoms with Crippen LogP contribution in [0.5, 0.6) is 0 Å². The van der Waals surface area contributed by atoms with Crippen LogP contribution in [0.2, 0.25) is 0 Å². The van der Waals surface area contributed by atoms with Crippen molar-refractivity contribution in [2.45, 2.75) is 46.0 Å². The molecule has 0 N–H and O–H groups in total. The summed E-state index contributed by atoms with van der Waals surface area (Å²) in [6.07, 6.45) is 9.14. The molecule has 0 amide bonds. The van der Waals surface area contributed by atoms with E-state index in [1.807, 2.05) is 0 Å². The van der Waals surface area contributed by atoms with Crippen molar-refractivity contribution in [1.82, 2.24) is 0 Å². The van der Waals surface area contributed by atoms with Crippen LogP contribution >= 0.6 is 0 Å². The molecule has 0 heterocycles. The summed E-state index contributed by atoms with van der Waals surface area (Å²) in [5.74, 6) is 3.22. The molecule has 0 nitrogen and oxygen atoms in total. The fourth-order valence-corrected chi connectivity index (χ4v) is 1.89. The van der Waals surface area contributed by atoms with Crippen molar-refractivity contribution in [1.29, 1.82) is 0 Å². The molecule has 0 saturated carbocycles. The van der Waals surface area contributed by atoms with E-state index in [9.17, 15) is 0 Å². The van der Waals surface area contributed by atoms with Crippen LogP contribution < -0.4 is 0 Å². The molecule has 0 aliphatic rings. The number of terminal acetylenes is 1. The molecule has 0 saturated heterocycles. The van der Waals surface area contributed by atoms with E-state index in [0.717, 1.165) is 6.42 Å². The van der Waals surface area contributed by atoms with Crippen LogP contribution in [0.3, 0.4) is 0 Å². The van der Waals surface area contributed by atoms with Gasteiger partial charge in [-0.25, -0.2) is 0 Å². The molecule has 0 spiro atoms.